The highest BCUT2D eigenvalue weighted by atomic mass is 31.2. The van der Waals surface area contributed by atoms with E-state index in [2.05, 4.69) is 29.9 Å². The van der Waals surface area contributed by atoms with Crippen molar-refractivity contribution in [2.24, 2.45) is 0 Å². The second-order valence-electron chi connectivity index (χ2n) is 10.2. The molecule has 7 heterocycles. The Morgan fingerprint density at radius 1 is 0.978 bits per heavy atom. The van der Waals surface area contributed by atoms with E-state index in [1.165, 1.54) is 17.2 Å². The molecule has 0 spiro atoms. The lowest BCUT2D eigenvalue weighted by molar-refractivity contribution is -0.745. The molecule has 45 heavy (non-hydrogen) atoms. The number of aromatic nitrogens is 8. The number of ether oxygens (including phenoxy) is 2. The van der Waals surface area contributed by atoms with Gasteiger partial charge in [0.2, 0.25) is 17.7 Å². The normalized spacial score (nSPS) is 37.7. The number of phosphoric acid groups is 2. The summed E-state index contributed by atoms with van der Waals surface area (Å²) >= 11 is 0. The van der Waals surface area contributed by atoms with Gasteiger partial charge in [0.05, 0.1) is 19.5 Å². The van der Waals surface area contributed by atoms with E-state index in [4.69, 9.17) is 39.0 Å². The summed E-state index contributed by atoms with van der Waals surface area (Å²) < 4.78 is 61.2. The molecule has 0 radical (unpaired) electrons. The number of nitrogens with one attached hydrogen (secondary N) is 2. The van der Waals surface area contributed by atoms with Crippen molar-refractivity contribution in [1.29, 1.82) is 0 Å². The molecule has 242 valence electrons. The smallest absolute Gasteiger partial charge is 0.387 e. The van der Waals surface area contributed by atoms with Crippen LogP contribution in [0.25, 0.3) is 22.3 Å². The fraction of sp³-hybridized carbons (Fsp3) is 0.500. The Labute approximate surface area is 248 Å². The van der Waals surface area contributed by atoms with Gasteiger partial charge in [-0.1, -0.05) is 4.98 Å². The molecule has 4 aromatic rings. The Kier molecular flexibility index (Phi) is 7.27. The average Bonchev–Trinajstić information content (AvgIpc) is 3.72. The first-order valence-corrected chi connectivity index (χ1v) is 16.0. The molecule has 0 aliphatic carbocycles. The van der Waals surface area contributed by atoms with Crippen LogP contribution in [0.5, 0.6) is 0 Å². The van der Waals surface area contributed by atoms with E-state index in [0.717, 1.165) is 10.9 Å². The van der Waals surface area contributed by atoms with Gasteiger partial charge in [-0.05, 0) is 0 Å². The van der Waals surface area contributed by atoms with Gasteiger partial charge in [0.1, 0.15) is 36.6 Å². The first-order chi connectivity index (χ1) is 21.3. The van der Waals surface area contributed by atoms with Crippen LogP contribution in [0, 0.1) is 0 Å². The van der Waals surface area contributed by atoms with E-state index >= 15 is 0 Å². The lowest BCUT2D eigenvalue weighted by Gasteiger charge is -2.25. The van der Waals surface area contributed by atoms with E-state index in [9.17, 15) is 33.9 Å². The number of nitrogens with zero attached hydrogens (tertiary/aromatic N) is 6. The topological polar surface area (TPSA) is 332 Å². The van der Waals surface area contributed by atoms with Crippen LogP contribution >= 0.6 is 15.6 Å². The van der Waals surface area contributed by atoms with Crippen LogP contribution in [-0.2, 0) is 36.7 Å². The van der Waals surface area contributed by atoms with Crippen molar-refractivity contribution in [3.8, 4) is 0 Å². The summed E-state index contributed by atoms with van der Waals surface area (Å²) in [7, 11) is -10.2. The minimum atomic E-state index is -5.11. The molecule has 3 fully saturated rings. The molecular formula is C20H25N10O13P2+. The van der Waals surface area contributed by atoms with Gasteiger partial charge in [0.25, 0.3) is 5.56 Å². The summed E-state index contributed by atoms with van der Waals surface area (Å²) in [5, 5.41) is 22.1. The van der Waals surface area contributed by atoms with Crippen LogP contribution in [0.3, 0.4) is 0 Å². The van der Waals surface area contributed by atoms with E-state index in [1.54, 1.807) is 0 Å². The largest absolute Gasteiger partial charge is 0.472 e. The Bertz CT molecular complexity index is 1940. The third kappa shape index (κ3) is 5.31. The summed E-state index contributed by atoms with van der Waals surface area (Å²) in [6.07, 6.45) is -8.97. The number of aromatic amines is 2. The predicted molar refractivity (Wildman–Crippen MR) is 142 cm³/mol. The van der Waals surface area contributed by atoms with Crippen molar-refractivity contribution in [2.75, 3.05) is 24.7 Å². The van der Waals surface area contributed by atoms with E-state index < -0.39 is 83.5 Å². The number of H-pyrrole nitrogens is 2. The Hall–Kier alpha value is -3.44. The number of rotatable bonds is 2. The molecule has 10 N–H and O–H groups in total. The lowest BCUT2D eigenvalue weighted by Crippen LogP contribution is -2.46. The third-order valence-electron chi connectivity index (χ3n) is 7.38. The minimum absolute atomic E-state index is 0.0899. The molecule has 0 aromatic carbocycles. The van der Waals surface area contributed by atoms with Crippen molar-refractivity contribution in [3.05, 3.63) is 29.3 Å². The molecular weight excluding hydrogens is 650 g/mol. The molecule has 2 bridgehead atoms. The van der Waals surface area contributed by atoms with Gasteiger partial charge in [0, 0.05) is 0 Å². The van der Waals surface area contributed by atoms with Crippen LogP contribution in [0.15, 0.2) is 23.8 Å². The Balaban J connectivity index is 1.21. The second kappa shape index (κ2) is 10.8. The molecule has 3 saturated heterocycles. The van der Waals surface area contributed by atoms with Gasteiger partial charge in [-0.15, -0.1) is 0 Å². The van der Waals surface area contributed by atoms with E-state index in [1.807, 2.05) is 0 Å². The highest BCUT2D eigenvalue weighted by Crippen LogP contribution is 2.53. The summed E-state index contributed by atoms with van der Waals surface area (Å²) in [4.78, 5) is 54.6. The zero-order valence-corrected chi connectivity index (χ0v) is 24.2. The molecule has 4 aromatic heterocycles. The summed E-state index contributed by atoms with van der Waals surface area (Å²) in [5.41, 5.74) is 11.0. The maximum atomic E-state index is 13.2. The minimum Gasteiger partial charge on any atom is -0.387 e. The molecule has 3 aliphatic heterocycles. The summed E-state index contributed by atoms with van der Waals surface area (Å²) in [5.74, 6) is -0.192. The van der Waals surface area contributed by atoms with Gasteiger partial charge in [-0.25, -0.2) is 18.7 Å². The standard InChI is InChI=1S/C20H24N10O13P2/c21-14-8-15(24-3-23-14)29(4-25-8)18-11(32)12-7(41-18)2-39-45(36,37)43-13-10(31)6(1-38-44(34,35)42-12)40-19(13)30-5-26-9-16(30)27-20(22)28-17(9)33/h3-7,10-13,18-19,31-32H,1-2H2,(H7,21,22,23,24,27,28,33,34,35,36,37)/p+1/t6-,7-,10-,11-,12-,13-,18-,19-/m1/s1. The van der Waals surface area contributed by atoms with Gasteiger partial charge in [-0.3, -0.25) is 37.4 Å². The van der Waals surface area contributed by atoms with Crippen molar-refractivity contribution >= 4 is 49.7 Å². The predicted octanol–water partition coefficient (Wildman–Crippen LogP) is -2.92. The lowest BCUT2D eigenvalue weighted by atomic mass is 10.1. The molecule has 7 rings (SSSR count). The van der Waals surface area contributed by atoms with Gasteiger partial charge >= 0.3 is 21.3 Å². The number of hydrogen-bond acceptors (Lipinski definition) is 17. The SMILES string of the molecule is Nc1nc2c(ncn2[C@@H]2O[C@@H]3COP(=O)(O)O[C@H]4[C@@H](O)[C@H]([n+]5c[nH]c6c(N)ncnc65)O[C@@H]4COP(=O)(O)O[C@@H]2[C@@H]3O)c(=O)[nH]1. The average molecular weight is 675 g/mol. The number of anilines is 2. The zero-order valence-electron chi connectivity index (χ0n) is 22.5. The second-order valence-corrected chi connectivity index (χ2v) is 13.0. The van der Waals surface area contributed by atoms with Crippen molar-refractivity contribution in [3.63, 3.8) is 0 Å². The number of nitrogens with two attached hydrogens (primary N) is 2. The summed E-state index contributed by atoms with van der Waals surface area (Å²) in [6.45, 7) is -1.64. The summed E-state index contributed by atoms with van der Waals surface area (Å²) in [6, 6.07) is 0. The van der Waals surface area contributed by atoms with Gasteiger partial charge in [-0.2, -0.15) is 9.97 Å². The molecule has 23 nitrogen and oxygen atoms in total. The number of imidazole rings is 2. The first kappa shape index (κ1) is 30.2. The Morgan fingerprint density at radius 2 is 1.69 bits per heavy atom. The molecule has 25 heteroatoms. The van der Waals surface area contributed by atoms with Crippen LogP contribution < -0.4 is 21.6 Å². The van der Waals surface area contributed by atoms with Crippen LogP contribution in [0.1, 0.15) is 12.5 Å². The van der Waals surface area contributed by atoms with Gasteiger partial charge in [0.15, 0.2) is 35.9 Å². The molecule has 0 saturated carbocycles. The molecule has 2 unspecified atom stereocenters. The molecule has 3 aliphatic rings. The van der Waals surface area contributed by atoms with Crippen LogP contribution in [-0.4, -0.2) is 104 Å². The fourth-order valence-corrected chi connectivity index (χ4v) is 7.25. The zero-order chi connectivity index (χ0) is 31.8. The molecule has 0 amide bonds. The monoisotopic (exact) mass is 675 g/mol. The maximum Gasteiger partial charge on any atom is 0.472 e. The number of phosphoric ester groups is 2. The van der Waals surface area contributed by atoms with Gasteiger partial charge < -0.3 is 40.9 Å². The van der Waals surface area contributed by atoms with Crippen molar-refractivity contribution in [2.45, 2.75) is 49.1 Å². The van der Waals surface area contributed by atoms with Crippen molar-refractivity contribution in [1.82, 2.24) is 34.5 Å². The highest BCUT2D eigenvalue weighted by molar-refractivity contribution is 7.47. The fourth-order valence-electron chi connectivity index (χ4n) is 5.35. The van der Waals surface area contributed by atoms with Crippen LogP contribution in [0.4, 0.5) is 11.8 Å². The van der Waals surface area contributed by atoms with E-state index in [0.29, 0.717) is 5.52 Å². The molecule has 10 atom stereocenters. The van der Waals surface area contributed by atoms with E-state index in [-0.39, 0.29) is 28.6 Å². The number of aliphatic hydroxyl groups excluding tert-OH is 2. The number of fused-ring (bicyclic) bond motifs is 5. The number of hydrogen-bond donors (Lipinski definition) is 8. The van der Waals surface area contributed by atoms with Crippen molar-refractivity contribution < 1.29 is 61.3 Å². The highest BCUT2D eigenvalue weighted by Gasteiger charge is 2.54. The first-order valence-electron chi connectivity index (χ1n) is 13.0. The number of nitrogen functional groups attached to an aromatic ring is 2. The Morgan fingerprint density at radius 3 is 2.44 bits per heavy atom. The quantitative estimate of drug-likeness (QED) is 0.0779. The van der Waals surface area contributed by atoms with Crippen LogP contribution in [0.2, 0.25) is 0 Å². The number of aliphatic hydroxyl groups is 2. The third-order valence-corrected chi connectivity index (χ3v) is 9.35. The maximum absolute atomic E-state index is 13.2.